The smallest absolute Gasteiger partial charge is 0.140 e. The molecular formula is C11H20BrN. The number of likely N-dealkylation sites (N-methyl/N-ethyl adjacent to an activating group) is 1. The molecule has 0 unspecified atom stereocenters. The maximum absolute atomic E-state index is 5.35. The predicted octanol–water partition coefficient (Wildman–Crippen LogP) is -0.944. The van der Waals surface area contributed by atoms with Crippen LogP contribution in [0, 0.1) is 12.3 Å². The lowest BCUT2D eigenvalue weighted by Gasteiger charge is -2.33. The fourth-order valence-corrected chi connectivity index (χ4v) is 1.29. The number of nitrogens with zero attached hydrogens (tertiary/aromatic N) is 1. The number of quaternary nitrogens is 1. The molecule has 1 nitrogen and oxygen atoms in total. The first-order chi connectivity index (χ1) is 5.74. The monoisotopic (exact) mass is 245 g/mol. The maximum atomic E-state index is 5.35. The van der Waals surface area contributed by atoms with Crippen LogP contribution in [0.5, 0.6) is 0 Å². The lowest BCUT2D eigenvalue weighted by molar-refractivity contribution is -0.912. The van der Waals surface area contributed by atoms with Crippen molar-refractivity contribution in [3.05, 3.63) is 12.2 Å². The van der Waals surface area contributed by atoms with E-state index >= 15 is 0 Å². The summed E-state index contributed by atoms with van der Waals surface area (Å²) in [4.78, 5) is 0. The minimum atomic E-state index is 0. The standard InChI is InChI=1S/C11H20N.BrH/c1-5-9-11-12(7-3,8-4)10-6-2;/h2,5,9H,7-8,10-11H2,1,3-4H3;1H/q+1;/p-1. The van der Waals surface area contributed by atoms with E-state index in [9.17, 15) is 0 Å². The molecule has 0 N–H and O–H groups in total. The molecule has 76 valence electrons. The molecule has 0 rings (SSSR count). The van der Waals surface area contributed by atoms with Crippen LogP contribution < -0.4 is 17.0 Å². The van der Waals surface area contributed by atoms with Gasteiger partial charge in [-0.25, -0.2) is 0 Å². The van der Waals surface area contributed by atoms with E-state index in [1.807, 2.05) is 0 Å². The van der Waals surface area contributed by atoms with Gasteiger partial charge in [0, 0.05) is 0 Å². The van der Waals surface area contributed by atoms with Gasteiger partial charge < -0.3 is 21.5 Å². The molecule has 0 aromatic heterocycles. The van der Waals surface area contributed by atoms with Crippen LogP contribution in [-0.2, 0) is 0 Å². The van der Waals surface area contributed by atoms with Crippen molar-refractivity contribution in [2.45, 2.75) is 20.8 Å². The van der Waals surface area contributed by atoms with Crippen molar-refractivity contribution in [1.82, 2.24) is 0 Å². The predicted molar refractivity (Wildman–Crippen MR) is 54.7 cm³/mol. The number of halogens is 1. The lowest BCUT2D eigenvalue weighted by Crippen LogP contribution is -3.00. The van der Waals surface area contributed by atoms with Gasteiger partial charge in [0.15, 0.2) is 0 Å². The highest BCUT2D eigenvalue weighted by molar-refractivity contribution is 4.85. The molecule has 0 saturated heterocycles. The molecule has 0 atom stereocenters. The Kier molecular flexibility index (Phi) is 9.77. The van der Waals surface area contributed by atoms with E-state index in [1.165, 1.54) is 0 Å². The zero-order valence-electron chi connectivity index (χ0n) is 8.89. The number of allylic oxidation sites excluding steroid dienone is 1. The minimum absolute atomic E-state index is 0. The molecule has 0 bridgehead atoms. The van der Waals surface area contributed by atoms with Gasteiger partial charge in [-0.1, -0.05) is 6.08 Å². The Morgan fingerprint density at radius 2 is 1.85 bits per heavy atom. The number of rotatable bonds is 5. The van der Waals surface area contributed by atoms with Crippen molar-refractivity contribution < 1.29 is 21.5 Å². The summed E-state index contributed by atoms with van der Waals surface area (Å²) < 4.78 is 1.01. The Bertz CT molecular complexity index is 175. The summed E-state index contributed by atoms with van der Waals surface area (Å²) in [5, 5.41) is 0. The molecule has 0 aliphatic heterocycles. The summed E-state index contributed by atoms with van der Waals surface area (Å²) in [6.07, 6.45) is 9.64. The third-order valence-electron chi connectivity index (χ3n) is 2.50. The molecular weight excluding hydrogens is 226 g/mol. The van der Waals surface area contributed by atoms with Gasteiger partial charge in [0.25, 0.3) is 0 Å². The molecule has 0 amide bonds. The summed E-state index contributed by atoms with van der Waals surface area (Å²) in [7, 11) is 0. The lowest BCUT2D eigenvalue weighted by atomic mass is 10.3. The Morgan fingerprint density at radius 1 is 1.31 bits per heavy atom. The van der Waals surface area contributed by atoms with Gasteiger partial charge >= 0.3 is 0 Å². The van der Waals surface area contributed by atoms with E-state index in [0.29, 0.717) is 0 Å². The zero-order chi connectivity index (χ0) is 9.45. The Balaban J connectivity index is 0. The Labute approximate surface area is 93.2 Å². The average Bonchev–Trinajstić information content (AvgIpc) is 2.13. The Morgan fingerprint density at radius 3 is 2.15 bits per heavy atom. The topological polar surface area (TPSA) is 0 Å². The van der Waals surface area contributed by atoms with Crippen molar-refractivity contribution in [3.8, 4) is 12.3 Å². The fraction of sp³-hybridized carbons (Fsp3) is 0.636. The number of terminal acetylenes is 1. The number of hydrogen-bond acceptors (Lipinski definition) is 0. The Hall–Kier alpha value is -0.260. The fourth-order valence-electron chi connectivity index (χ4n) is 1.29. The molecule has 0 aliphatic rings. The summed E-state index contributed by atoms with van der Waals surface area (Å²) in [6.45, 7) is 10.6. The van der Waals surface area contributed by atoms with Crippen molar-refractivity contribution in [1.29, 1.82) is 0 Å². The quantitative estimate of drug-likeness (QED) is 0.333. The van der Waals surface area contributed by atoms with Crippen molar-refractivity contribution in [2.75, 3.05) is 26.2 Å². The van der Waals surface area contributed by atoms with Gasteiger partial charge in [-0.2, -0.15) is 0 Å². The van der Waals surface area contributed by atoms with Gasteiger partial charge in [0.2, 0.25) is 0 Å². The van der Waals surface area contributed by atoms with Crippen molar-refractivity contribution >= 4 is 0 Å². The van der Waals surface area contributed by atoms with Crippen LogP contribution in [-0.4, -0.2) is 30.7 Å². The SMILES string of the molecule is C#CC[N+](CC)(CC)CC=CC.[Br-]. The molecule has 13 heavy (non-hydrogen) atoms. The zero-order valence-corrected chi connectivity index (χ0v) is 10.5. The summed E-state index contributed by atoms with van der Waals surface area (Å²) in [5.41, 5.74) is 0. The first-order valence-electron chi connectivity index (χ1n) is 4.64. The van der Waals surface area contributed by atoms with Gasteiger partial charge in [-0.3, -0.25) is 0 Å². The van der Waals surface area contributed by atoms with E-state index in [-0.39, 0.29) is 17.0 Å². The highest BCUT2D eigenvalue weighted by Crippen LogP contribution is 2.05. The highest BCUT2D eigenvalue weighted by atomic mass is 79.9. The normalized spacial score (nSPS) is 10.9. The first kappa shape index (κ1) is 15.2. The maximum Gasteiger partial charge on any atom is 0.140 e. The molecule has 0 fully saturated rings. The largest absolute Gasteiger partial charge is 1.00 e. The molecule has 0 radical (unpaired) electrons. The van der Waals surface area contributed by atoms with Gasteiger partial charge in [-0.15, -0.1) is 6.42 Å². The first-order valence-corrected chi connectivity index (χ1v) is 4.64. The van der Waals surface area contributed by atoms with Crippen LogP contribution in [0.4, 0.5) is 0 Å². The van der Waals surface area contributed by atoms with E-state index in [2.05, 4.69) is 38.8 Å². The average molecular weight is 246 g/mol. The van der Waals surface area contributed by atoms with Crippen LogP contribution in [0.1, 0.15) is 20.8 Å². The van der Waals surface area contributed by atoms with Crippen LogP contribution >= 0.6 is 0 Å². The summed E-state index contributed by atoms with van der Waals surface area (Å²) in [5.74, 6) is 2.76. The summed E-state index contributed by atoms with van der Waals surface area (Å²) in [6, 6.07) is 0. The second-order valence-electron chi connectivity index (χ2n) is 3.09. The third kappa shape index (κ3) is 5.13. The van der Waals surface area contributed by atoms with E-state index in [0.717, 1.165) is 30.7 Å². The summed E-state index contributed by atoms with van der Waals surface area (Å²) >= 11 is 0. The molecule has 0 aromatic carbocycles. The molecule has 0 aromatic rings. The molecule has 2 heteroatoms. The van der Waals surface area contributed by atoms with Crippen LogP contribution in [0.2, 0.25) is 0 Å². The third-order valence-corrected chi connectivity index (χ3v) is 2.50. The molecule has 0 spiro atoms. The second-order valence-corrected chi connectivity index (χ2v) is 3.09. The van der Waals surface area contributed by atoms with Crippen molar-refractivity contribution in [2.24, 2.45) is 0 Å². The van der Waals surface area contributed by atoms with Crippen LogP contribution in [0.25, 0.3) is 0 Å². The molecule has 0 saturated carbocycles. The van der Waals surface area contributed by atoms with Crippen LogP contribution in [0.3, 0.4) is 0 Å². The number of hydrogen-bond donors (Lipinski definition) is 0. The van der Waals surface area contributed by atoms with E-state index in [1.54, 1.807) is 0 Å². The van der Waals surface area contributed by atoms with Crippen molar-refractivity contribution in [3.63, 3.8) is 0 Å². The highest BCUT2D eigenvalue weighted by Gasteiger charge is 2.19. The van der Waals surface area contributed by atoms with E-state index in [4.69, 9.17) is 6.42 Å². The van der Waals surface area contributed by atoms with Gasteiger partial charge in [-0.05, 0) is 32.8 Å². The molecule has 0 heterocycles. The van der Waals surface area contributed by atoms with E-state index < -0.39 is 0 Å². The van der Waals surface area contributed by atoms with Crippen LogP contribution in [0.15, 0.2) is 12.2 Å². The van der Waals surface area contributed by atoms with Gasteiger partial charge in [0.1, 0.15) is 6.54 Å². The minimum Gasteiger partial charge on any atom is -1.00 e. The second kappa shape index (κ2) is 8.34. The van der Waals surface area contributed by atoms with Gasteiger partial charge in [0.05, 0.1) is 19.6 Å². The molecule has 0 aliphatic carbocycles.